The summed E-state index contributed by atoms with van der Waals surface area (Å²) in [6, 6.07) is 8.56. The molecule has 142 valence electrons. The Labute approximate surface area is 165 Å². The van der Waals surface area contributed by atoms with Crippen LogP contribution >= 0.6 is 11.6 Å². The van der Waals surface area contributed by atoms with Crippen molar-refractivity contribution in [3.63, 3.8) is 0 Å². The van der Waals surface area contributed by atoms with Crippen molar-refractivity contribution in [1.82, 2.24) is 5.32 Å². The van der Waals surface area contributed by atoms with E-state index in [1.165, 1.54) is 28.6 Å². The average molecular weight is 385 g/mol. The van der Waals surface area contributed by atoms with Gasteiger partial charge in [0.1, 0.15) is 0 Å². The van der Waals surface area contributed by atoms with E-state index in [9.17, 15) is 4.79 Å². The van der Waals surface area contributed by atoms with E-state index in [-0.39, 0.29) is 0 Å². The number of rotatable bonds is 8. The first kappa shape index (κ1) is 19.5. The van der Waals surface area contributed by atoms with Gasteiger partial charge in [-0.05, 0) is 62.1 Å². The maximum Gasteiger partial charge on any atom is 0.327 e. The summed E-state index contributed by atoms with van der Waals surface area (Å²) < 4.78 is 0. The molecular weight excluding hydrogens is 360 g/mol. The quantitative estimate of drug-likeness (QED) is 0.515. The van der Waals surface area contributed by atoms with Crippen molar-refractivity contribution in [2.45, 2.75) is 25.7 Å². The molecule has 1 aromatic carbocycles. The number of carboxylic acids is 1. The van der Waals surface area contributed by atoms with E-state index in [0.717, 1.165) is 50.3 Å². The van der Waals surface area contributed by atoms with Crippen LogP contribution < -0.4 is 10.2 Å². The molecule has 0 saturated heterocycles. The molecule has 0 aromatic heterocycles. The first-order chi connectivity index (χ1) is 13.1. The van der Waals surface area contributed by atoms with E-state index in [2.05, 4.69) is 52.7 Å². The lowest BCUT2D eigenvalue weighted by Crippen LogP contribution is -2.28. The third kappa shape index (κ3) is 5.34. The molecule has 5 heteroatoms. The van der Waals surface area contributed by atoms with Gasteiger partial charge in [-0.15, -0.1) is 0 Å². The van der Waals surface area contributed by atoms with Gasteiger partial charge in [0, 0.05) is 29.0 Å². The van der Waals surface area contributed by atoms with Crippen LogP contribution in [0.5, 0.6) is 0 Å². The zero-order valence-corrected chi connectivity index (χ0v) is 16.1. The summed E-state index contributed by atoms with van der Waals surface area (Å²) in [5, 5.41) is 12.8. The molecule has 3 rings (SSSR count). The summed E-state index contributed by atoms with van der Waals surface area (Å²) in [4.78, 5) is 12.8. The van der Waals surface area contributed by atoms with Gasteiger partial charge in [0.05, 0.1) is 0 Å². The molecule has 27 heavy (non-hydrogen) atoms. The van der Waals surface area contributed by atoms with Crippen molar-refractivity contribution in [2.24, 2.45) is 0 Å². The number of anilines is 1. The van der Waals surface area contributed by atoms with E-state index in [1.807, 2.05) is 0 Å². The van der Waals surface area contributed by atoms with Crippen LogP contribution in [0.2, 0.25) is 0 Å². The number of halogens is 1. The van der Waals surface area contributed by atoms with Crippen molar-refractivity contribution < 1.29 is 9.90 Å². The second kappa shape index (κ2) is 9.58. The van der Waals surface area contributed by atoms with Crippen molar-refractivity contribution in [3.8, 4) is 0 Å². The van der Waals surface area contributed by atoms with Gasteiger partial charge < -0.3 is 15.3 Å². The molecule has 4 nitrogen and oxygen atoms in total. The molecule has 2 N–H and O–H groups in total. The van der Waals surface area contributed by atoms with Gasteiger partial charge in [-0.25, -0.2) is 4.79 Å². The van der Waals surface area contributed by atoms with Crippen molar-refractivity contribution in [1.29, 1.82) is 0 Å². The minimum absolute atomic E-state index is 0.720. The van der Waals surface area contributed by atoms with Gasteiger partial charge in [0.2, 0.25) is 0 Å². The van der Waals surface area contributed by atoms with E-state index in [0.29, 0.717) is 0 Å². The lowest BCUT2D eigenvalue weighted by atomic mass is 10.0. The summed E-state index contributed by atoms with van der Waals surface area (Å²) in [7, 11) is 0. The zero-order valence-electron chi connectivity index (χ0n) is 15.3. The van der Waals surface area contributed by atoms with Gasteiger partial charge in [0.15, 0.2) is 0 Å². The van der Waals surface area contributed by atoms with Gasteiger partial charge in [0.25, 0.3) is 0 Å². The lowest BCUT2D eigenvalue weighted by Gasteiger charge is -2.30. The van der Waals surface area contributed by atoms with Crippen LogP contribution in [0.15, 0.2) is 70.9 Å². The number of hydrogen-bond donors (Lipinski definition) is 2. The number of nitrogens with one attached hydrogen (secondary N) is 1. The van der Waals surface area contributed by atoms with Gasteiger partial charge in [-0.3, -0.25) is 0 Å². The van der Waals surface area contributed by atoms with Crippen LogP contribution in [-0.2, 0) is 11.2 Å². The Morgan fingerprint density at radius 1 is 1.22 bits per heavy atom. The molecule has 0 atom stereocenters. The predicted molar refractivity (Wildman–Crippen MR) is 111 cm³/mol. The fourth-order valence-corrected chi connectivity index (χ4v) is 3.62. The topological polar surface area (TPSA) is 52.6 Å². The first-order valence-electron chi connectivity index (χ1n) is 9.37. The Morgan fingerprint density at radius 2 is 2.07 bits per heavy atom. The summed E-state index contributed by atoms with van der Waals surface area (Å²) in [5.41, 5.74) is 5.13. The van der Waals surface area contributed by atoms with E-state index in [1.54, 1.807) is 6.08 Å². The Hall–Kier alpha value is -2.30. The lowest BCUT2D eigenvalue weighted by molar-refractivity contribution is -0.131. The second-order valence-corrected chi connectivity index (χ2v) is 7.11. The van der Waals surface area contributed by atoms with Gasteiger partial charge >= 0.3 is 5.97 Å². The Balaban J connectivity index is 1.62. The molecule has 2 aliphatic rings. The first-order valence-corrected chi connectivity index (χ1v) is 9.75. The number of fused-ring (bicyclic) bond motifs is 2. The molecule has 0 spiro atoms. The molecule has 1 aliphatic heterocycles. The number of hydrogen-bond acceptors (Lipinski definition) is 3. The number of allylic oxidation sites excluding steroid dienone is 5. The van der Waals surface area contributed by atoms with E-state index < -0.39 is 5.97 Å². The second-order valence-electron chi connectivity index (χ2n) is 6.67. The van der Waals surface area contributed by atoms with Crippen molar-refractivity contribution in [2.75, 3.05) is 24.5 Å². The van der Waals surface area contributed by atoms with Crippen molar-refractivity contribution in [3.05, 3.63) is 76.5 Å². The number of carbonyl (C=O) groups is 1. The molecule has 1 heterocycles. The molecule has 1 aliphatic carbocycles. The van der Waals surface area contributed by atoms with Gasteiger partial charge in [-0.2, -0.15) is 0 Å². The average Bonchev–Trinajstić information content (AvgIpc) is 2.80. The SMILES string of the molecule is O=C(O)/C=C/CCNCCCN1C2=CC(Cl)=CCC2=CCc2ccccc21. The summed E-state index contributed by atoms with van der Waals surface area (Å²) in [5.74, 6) is -0.896. The third-order valence-electron chi connectivity index (χ3n) is 4.75. The van der Waals surface area contributed by atoms with E-state index >= 15 is 0 Å². The van der Waals surface area contributed by atoms with E-state index in [4.69, 9.17) is 16.7 Å². The van der Waals surface area contributed by atoms with Crippen LogP contribution in [0.25, 0.3) is 0 Å². The number of carboxylic acid groups (broad SMARTS) is 1. The largest absolute Gasteiger partial charge is 0.478 e. The van der Waals surface area contributed by atoms with Gasteiger partial charge in [-0.1, -0.05) is 48.0 Å². The molecule has 0 saturated carbocycles. The summed E-state index contributed by atoms with van der Waals surface area (Å²) in [6.45, 7) is 2.57. The molecular formula is C22H25ClN2O2. The highest BCUT2D eigenvalue weighted by molar-refractivity contribution is 6.31. The Kier molecular flexibility index (Phi) is 6.91. The summed E-state index contributed by atoms with van der Waals surface area (Å²) in [6.07, 6.45) is 12.9. The Morgan fingerprint density at radius 3 is 2.93 bits per heavy atom. The number of aliphatic carboxylic acids is 1. The Bertz CT molecular complexity index is 808. The molecule has 1 aromatic rings. The summed E-state index contributed by atoms with van der Waals surface area (Å²) >= 11 is 6.31. The van der Waals surface area contributed by atoms with Crippen LogP contribution in [0, 0.1) is 0 Å². The van der Waals surface area contributed by atoms with Crippen LogP contribution in [0.3, 0.4) is 0 Å². The fraction of sp³-hybridized carbons (Fsp3) is 0.318. The molecule has 0 unspecified atom stereocenters. The minimum Gasteiger partial charge on any atom is -0.478 e. The molecule has 0 bridgehead atoms. The molecule has 0 amide bonds. The monoisotopic (exact) mass is 384 g/mol. The minimum atomic E-state index is -0.896. The predicted octanol–water partition coefficient (Wildman–Crippen LogP) is 4.40. The molecule has 0 radical (unpaired) electrons. The standard InChI is InChI=1S/C22H25ClN2O2/c23-19-12-11-18-10-9-17-6-1-2-7-20(17)25(21(18)16-19)15-5-14-24-13-4-3-8-22(26)27/h1-3,6-8,10,12,16,24H,4-5,9,11,13-15H2,(H,26,27)/b8-3+. The van der Waals surface area contributed by atoms with Crippen LogP contribution in [-0.4, -0.2) is 30.7 Å². The maximum atomic E-state index is 10.4. The highest BCUT2D eigenvalue weighted by atomic mass is 35.5. The van der Waals surface area contributed by atoms with Crippen LogP contribution in [0.1, 0.15) is 24.8 Å². The highest BCUT2D eigenvalue weighted by Gasteiger charge is 2.22. The normalized spacial score (nSPS) is 16.2. The smallest absolute Gasteiger partial charge is 0.327 e. The number of nitrogens with zero attached hydrogens (tertiary/aromatic N) is 1. The highest BCUT2D eigenvalue weighted by Crippen LogP contribution is 2.36. The molecule has 0 fully saturated rings. The number of benzene rings is 1. The van der Waals surface area contributed by atoms with Crippen molar-refractivity contribution >= 4 is 23.3 Å². The fourth-order valence-electron chi connectivity index (χ4n) is 3.44. The van der Waals surface area contributed by atoms with Crippen LogP contribution in [0.4, 0.5) is 5.69 Å². The number of para-hydroxylation sites is 1. The maximum absolute atomic E-state index is 10.4. The third-order valence-corrected chi connectivity index (χ3v) is 5.01. The zero-order chi connectivity index (χ0) is 19.1.